The normalized spacial score (nSPS) is 9.88. The molecule has 0 atom stereocenters. The molecule has 44 valence electrons. The van der Waals surface area contributed by atoms with Crippen molar-refractivity contribution in [2.45, 2.75) is 13.8 Å². The molecule has 0 amide bonds. The molecular weight excluding hydrogens is 124 g/mol. The van der Waals surface area contributed by atoms with E-state index in [1.54, 1.807) is 6.20 Å². The molecule has 1 heterocycles. The van der Waals surface area contributed by atoms with Crippen molar-refractivity contribution >= 4 is 11.8 Å². The Labute approximate surface area is 53.2 Å². The molecule has 0 bridgehead atoms. The summed E-state index contributed by atoms with van der Waals surface area (Å²) >= 11 is 5.65. The van der Waals surface area contributed by atoms with Gasteiger partial charge in [0.1, 0.15) is 5.82 Å². The smallest absolute Gasteiger partial charge is 0.120 e. The number of halogens is 1. The Hall–Kier alpha value is -0.500. The van der Waals surface area contributed by atoms with Gasteiger partial charge in [0.25, 0.3) is 0 Å². The van der Waals surface area contributed by atoms with Gasteiger partial charge in [-0.05, 0) is 13.8 Å². The Balaban J connectivity index is 3.19. The van der Waals surface area contributed by atoms with Gasteiger partial charge in [0.2, 0.25) is 0 Å². The van der Waals surface area contributed by atoms with Gasteiger partial charge in [-0.3, -0.25) is 0 Å². The van der Waals surface area contributed by atoms with Crippen LogP contribution in [0.3, 0.4) is 0 Å². The fraction of sp³-hybridized carbons (Fsp3) is 0.400. The zero-order valence-electron chi connectivity index (χ0n) is 4.85. The van der Waals surface area contributed by atoms with Crippen molar-refractivity contribution in [1.82, 2.24) is 9.07 Å². The molecule has 0 spiro atoms. The van der Waals surface area contributed by atoms with Crippen LogP contribution < -0.4 is 0 Å². The second-order valence-electron chi connectivity index (χ2n) is 1.73. The van der Waals surface area contributed by atoms with Crippen molar-refractivity contribution in [2.75, 3.05) is 0 Å². The average molecular weight is 131 g/mol. The number of aromatic nitrogens is 2. The largest absolute Gasteiger partial charge is 0.243 e. The molecular formula is C5H7ClN2. The Morgan fingerprint density at radius 2 is 2.25 bits per heavy atom. The van der Waals surface area contributed by atoms with E-state index in [0.717, 1.165) is 11.5 Å². The van der Waals surface area contributed by atoms with Gasteiger partial charge < -0.3 is 0 Å². The van der Waals surface area contributed by atoms with Crippen molar-refractivity contribution in [3.8, 4) is 0 Å². The number of nitrogens with zero attached hydrogens (tertiary/aromatic N) is 2. The second kappa shape index (κ2) is 1.78. The lowest BCUT2D eigenvalue weighted by molar-refractivity contribution is 1.05. The quantitative estimate of drug-likeness (QED) is 0.521. The highest BCUT2D eigenvalue weighted by atomic mass is 35.5. The molecule has 2 nitrogen and oxygen atoms in total. The van der Waals surface area contributed by atoms with Crippen molar-refractivity contribution in [1.29, 1.82) is 0 Å². The van der Waals surface area contributed by atoms with E-state index in [4.69, 9.17) is 11.8 Å². The molecule has 0 aliphatic carbocycles. The molecule has 8 heavy (non-hydrogen) atoms. The molecule has 0 aliphatic rings. The molecule has 1 aromatic heterocycles. The van der Waals surface area contributed by atoms with Crippen molar-refractivity contribution < 1.29 is 0 Å². The van der Waals surface area contributed by atoms with E-state index < -0.39 is 0 Å². The summed E-state index contributed by atoms with van der Waals surface area (Å²) in [7, 11) is 0. The molecule has 0 aromatic carbocycles. The Morgan fingerprint density at radius 3 is 2.38 bits per heavy atom. The van der Waals surface area contributed by atoms with E-state index in [1.807, 2.05) is 13.8 Å². The van der Waals surface area contributed by atoms with Gasteiger partial charge in [-0.1, -0.05) is 0 Å². The lowest BCUT2D eigenvalue weighted by Crippen LogP contribution is -1.84. The maximum atomic E-state index is 5.65. The summed E-state index contributed by atoms with van der Waals surface area (Å²) in [5, 5.41) is 0. The number of hydrogen-bond donors (Lipinski definition) is 0. The van der Waals surface area contributed by atoms with Crippen molar-refractivity contribution in [3.63, 3.8) is 0 Å². The maximum absolute atomic E-state index is 5.65. The molecule has 0 unspecified atom stereocenters. The first kappa shape index (κ1) is 5.63. The van der Waals surface area contributed by atoms with Gasteiger partial charge in [-0.25, -0.2) is 9.07 Å². The van der Waals surface area contributed by atoms with Crippen LogP contribution in [-0.2, 0) is 0 Å². The first-order valence-electron chi connectivity index (χ1n) is 2.39. The fourth-order valence-electron chi connectivity index (χ4n) is 0.543. The summed E-state index contributed by atoms with van der Waals surface area (Å²) in [4.78, 5) is 3.95. The molecule has 0 fully saturated rings. The third kappa shape index (κ3) is 0.713. The first-order valence-corrected chi connectivity index (χ1v) is 2.72. The molecule has 0 radical (unpaired) electrons. The van der Waals surface area contributed by atoms with Crippen LogP contribution in [0.2, 0.25) is 0 Å². The highest BCUT2D eigenvalue weighted by molar-refractivity contribution is 6.16. The highest BCUT2D eigenvalue weighted by Crippen LogP contribution is 2.02. The van der Waals surface area contributed by atoms with Crippen LogP contribution in [0.25, 0.3) is 0 Å². The van der Waals surface area contributed by atoms with E-state index >= 15 is 0 Å². The Bertz CT molecular complexity index is 173. The van der Waals surface area contributed by atoms with Crippen molar-refractivity contribution in [3.05, 3.63) is 17.7 Å². The monoisotopic (exact) mass is 130 g/mol. The predicted molar refractivity (Wildman–Crippen MR) is 33.0 cm³/mol. The van der Waals surface area contributed by atoms with Crippen LogP contribution in [-0.4, -0.2) is 9.07 Å². The summed E-state index contributed by atoms with van der Waals surface area (Å²) in [6.07, 6.45) is 1.74. The molecule has 3 heteroatoms. The lowest BCUT2D eigenvalue weighted by Gasteiger charge is -1.89. The third-order valence-electron chi connectivity index (χ3n) is 1.03. The van der Waals surface area contributed by atoms with Crippen LogP contribution in [0.4, 0.5) is 0 Å². The number of imidazole rings is 1. The number of hydrogen-bond acceptors (Lipinski definition) is 1. The SMILES string of the molecule is Cc1cnc(C)n1Cl. The standard InChI is InChI=1S/C5H7ClN2/c1-4-3-7-5(2)8(4)6/h3H,1-2H3. The summed E-state index contributed by atoms with van der Waals surface area (Å²) in [5.74, 6) is 0.837. The fourth-order valence-corrected chi connectivity index (χ4v) is 0.631. The minimum Gasteiger partial charge on any atom is -0.243 e. The minimum absolute atomic E-state index is 0.837. The van der Waals surface area contributed by atoms with Crippen molar-refractivity contribution in [2.24, 2.45) is 0 Å². The van der Waals surface area contributed by atoms with Gasteiger partial charge in [0, 0.05) is 18.0 Å². The van der Waals surface area contributed by atoms with Gasteiger partial charge in [-0.2, -0.15) is 0 Å². The summed E-state index contributed by atoms with van der Waals surface area (Å²) in [6, 6.07) is 0. The third-order valence-corrected chi connectivity index (χ3v) is 1.54. The highest BCUT2D eigenvalue weighted by Gasteiger charge is 1.95. The van der Waals surface area contributed by atoms with Crippen LogP contribution in [0.5, 0.6) is 0 Å². The summed E-state index contributed by atoms with van der Waals surface area (Å²) in [5.41, 5.74) is 0.976. The molecule has 1 rings (SSSR count). The molecule has 0 aliphatic heterocycles. The molecule has 0 saturated carbocycles. The van der Waals surface area contributed by atoms with Crippen LogP contribution >= 0.6 is 11.8 Å². The zero-order valence-corrected chi connectivity index (χ0v) is 5.61. The topological polar surface area (TPSA) is 17.8 Å². The molecule has 0 saturated heterocycles. The predicted octanol–water partition coefficient (Wildman–Crippen LogP) is 1.50. The Morgan fingerprint density at radius 1 is 1.62 bits per heavy atom. The number of aryl methyl sites for hydroxylation is 2. The lowest BCUT2D eigenvalue weighted by atomic mass is 10.6. The van der Waals surface area contributed by atoms with Gasteiger partial charge in [0.15, 0.2) is 0 Å². The minimum atomic E-state index is 0.837. The maximum Gasteiger partial charge on any atom is 0.120 e. The number of rotatable bonds is 0. The van der Waals surface area contributed by atoms with Gasteiger partial charge in [-0.15, -0.1) is 0 Å². The molecule has 1 aromatic rings. The molecule has 0 N–H and O–H groups in total. The Kier molecular flexibility index (Phi) is 1.26. The van der Waals surface area contributed by atoms with Gasteiger partial charge in [0.05, 0.1) is 5.69 Å². The van der Waals surface area contributed by atoms with E-state index in [9.17, 15) is 0 Å². The summed E-state index contributed by atoms with van der Waals surface area (Å²) in [6.45, 7) is 3.77. The van der Waals surface area contributed by atoms with E-state index in [2.05, 4.69) is 4.98 Å². The zero-order chi connectivity index (χ0) is 6.15. The van der Waals surface area contributed by atoms with E-state index in [1.165, 1.54) is 4.09 Å². The van der Waals surface area contributed by atoms with Gasteiger partial charge >= 0.3 is 0 Å². The first-order chi connectivity index (χ1) is 3.72. The van der Waals surface area contributed by atoms with E-state index in [0.29, 0.717) is 0 Å². The second-order valence-corrected chi connectivity index (χ2v) is 2.07. The van der Waals surface area contributed by atoms with E-state index in [-0.39, 0.29) is 0 Å². The summed E-state index contributed by atoms with van der Waals surface area (Å²) < 4.78 is 1.53. The average Bonchev–Trinajstić information content (AvgIpc) is 1.98. The van der Waals surface area contributed by atoms with Crippen LogP contribution in [0.1, 0.15) is 11.5 Å². The van der Waals surface area contributed by atoms with Crippen LogP contribution in [0.15, 0.2) is 6.20 Å². The van der Waals surface area contributed by atoms with Crippen LogP contribution in [0, 0.1) is 13.8 Å².